The van der Waals surface area contributed by atoms with Crippen molar-refractivity contribution in [1.29, 1.82) is 0 Å². The minimum Gasteiger partial charge on any atom is -1.00 e. The highest BCUT2D eigenvalue weighted by atomic mass is 127. The standard InChI is InChI=1S/C28H29N3O5.HI/c1-31(16-22(29)32)14-13-20-15-21-26(36-17-35-21)27(34-2)23(20)25(31)28(33)30-24(18-9-5-3-6-10-18)19-11-7-4-8-12-19;/h3-12,15,24-25H,13-14,16-17H2,1-2H3,(H2-,29,30,32,33);1H. The predicted octanol–water partition coefficient (Wildman–Crippen LogP) is -0.137. The molecule has 0 saturated heterocycles. The van der Waals surface area contributed by atoms with E-state index in [0.29, 0.717) is 35.8 Å². The van der Waals surface area contributed by atoms with Gasteiger partial charge in [-0.25, -0.2) is 0 Å². The molecule has 2 aliphatic heterocycles. The first-order valence-corrected chi connectivity index (χ1v) is 11.9. The second-order valence-corrected chi connectivity index (χ2v) is 9.46. The van der Waals surface area contributed by atoms with E-state index >= 15 is 0 Å². The molecule has 0 fully saturated rings. The fraction of sp³-hybridized carbons (Fsp3) is 0.286. The summed E-state index contributed by atoms with van der Waals surface area (Å²) in [5.41, 5.74) is 9.22. The molecule has 8 nitrogen and oxygen atoms in total. The number of halogens is 1. The Bertz CT molecular complexity index is 1250. The number of hydrogen-bond donors (Lipinski definition) is 2. The maximum absolute atomic E-state index is 14.3. The highest BCUT2D eigenvalue weighted by molar-refractivity contribution is 5.86. The zero-order chi connectivity index (χ0) is 25.3. The van der Waals surface area contributed by atoms with Gasteiger partial charge in [-0.3, -0.25) is 9.59 Å². The van der Waals surface area contributed by atoms with Gasteiger partial charge < -0.3 is 53.7 Å². The second kappa shape index (κ2) is 11.0. The minimum atomic E-state index is -0.749. The number of primary amides is 1. The summed E-state index contributed by atoms with van der Waals surface area (Å²) in [4.78, 5) is 26.4. The zero-order valence-electron chi connectivity index (χ0n) is 20.8. The van der Waals surface area contributed by atoms with Gasteiger partial charge in [0.2, 0.25) is 12.5 Å². The van der Waals surface area contributed by atoms with Crippen LogP contribution in [-0.4, -0.2) is 50.3 Å². The number of rotatable bonds is 7. The molecule has 194 valence electrons. The largest absolute Gasteiger partial charge is 1.00 e. The molecule has 2 aliphatic rings. The van der Waals surface area contributed by atoms with Crippen LogP contribution in [0.5, 0.6) is 17.2 Å². The van der Waals surface area contributed by atoms with E-state index in [9.17, 15) is 9.59 Å². The first-order valence-electron chi connectivity index (χ1n) is 11.9. The molecule has 2 unspecified atom stereocenters. The molecule has 3 aromatic rings. The molecule has 2 amide bonds. The SMILES string of the molecule is COc1c2c(cc3c1C(C(=O)NC(c1ccccc1)c1ccccc1)[N+](C)(CC(N)=O)CC3)OCO2.[I-]. The van der Waals surface area contributed by atoms with Crippen molar-refractivity contribution in [3.63, 3.8) is 0 Å². The van der Waals surface area contributed by atoms with Gasteiger partial charge in [0, 0.05) is 6.42 Å². The van der Waals surface area contributed by atoms with E-state index in [1.165, 1.54) is 0 Å². The summed E-state index contributed by atoms with van der Waals surface area (Å²) in [7, 11) is 3.44. The maximum atomic E-state index is 14.3. The third-order valence-electron chi connectivity index (χ3n) is 7.05. The van der Waals surface area contributed by atoms with E-state index in [2.05, 4.69) is 5.32 Å². The maximum Gasteiger partial charge on any atom is 0.284 e. The van der Waals surface area contributed by atoms with E-state index < -0.39 is 11.9 Å². The number of likely N-dealkylation sites (N-methyl/N-ethyl adjacent to an activating group) is 1. The number of nitrogens with one attached hydrogen (secondary N) is 1. The molecule has 0 spiro atoms. The Kier molecular flexibility index (Phi) is 7.93. The number of fused-ring (bicyclic) bond motifs is 2. The first kappa shape index (κ1) is 26.7. The molecule has 0 bridgehead atoms. The normalized spacial score (nSPS) is 19.5. The van der Waals surface area contributed by atoms with Gasteiger partial charge in [0.05, 0.1) is 32.3 Å². The molecule has 3 N–H and O–H groups in total. The van der Waals surface area contributed by atoms with Crippen LogP contribution < -0.4 is 49.2 Å². The number of carbonyl (C=O) groups excluding carboxylic acids is 2. The van der Waals surface area contributed by atoms with E-state index in [1.54, 1.807) is 7.11 Å². The van der Waals surface area contributed by atoms with Crippen LogP contribution in [0, 0.1) is 0 Å². The highest BCUT2D eigenvalue weighted by Crippen LogP contribution is 2.51. The van der Waals surface area contributed by atoms with Crippen molar-refractivity contribution < 1.29 is 52.3 Å². The van der Waals surface area contributed by atoms with Crippen molar-refractivity contribution in [2.24, 2.45) is 5.73 Å². The molecule has 0 aliphatic carbocycles. The third kappa shape index (κ3) is 5.10. The summed E-state index contributed by atoms with van der Waals surface area (Å²) in [5.74, 6) is 0.840. The average molecular weight is 615 g/mol. The Balaban J connectivity index is 0.00000320. The monoisotopic (exact) mass is 615 g/mol. The number of nitrogens with two attached hydrogens (primary N) is 1. The lowest BCUT2D eigenvalue weighted by Crippen LogP contribution is -3.00. The van der Waals surface area contributed by atoms with Crippen molar-refractivity contribution in [3.05, 3.63) is 89.0 Å². The van der Waals surface area contributed by atoms with E-state index in [0.717, 1.165) is 16.7 Å². The van der Waals surface area contributed by atoms with Gasteiger partial charge in [-0.2, -0.15) is 0 Å². The summed E-state index contributed by atoms with van der Waals surface area (Å²) in [6.45, 7) is 0.650. The van der Waals surface area contributed by atoms with Crippen LogP contribution in [-0.2, 0) is 16.0 Å². The van der Waals surface area contributed by atoms with Crippen LogP contribution in [0.3, 0.4) is 0 Å². The van der Waals surface area contributed by atoms with Gasteiger partial charge in [0.15, 0.2) is 24.1 Å². The van der Waals surface area contributed by atoms with Crippen LogP contribution in [0.4, 0.5) is 0 Å². The van der Waals surface area contributed by atoms with Crippen molar-refractivity contribution in [3.8, 4) is 17.2 Å². The Hall–Kier alpha value is -3.31. The zero-order valence-corrected chi connectivity index (χ0v) is 22.9. The van der Waals surface area contributed by atoms with Gasteiger partial charge in [0.25, 0.3) is 11.8 Å². The number of methoxy groups -OCH3 is 1. The number of nitrogens with zero attached hydrogens (tertiary/aromatic N) is 1. The molecule has 0 radical (unpaired) electrons. The smallest absolute Gasteiger partial charge is 0.284 e. The average Bonchev–Trinajstić information content (AvgIpc) is 3.34. The lowest BCUT2D eigenvalue weighted by molar-refractivity contribution is -0.924. The van der Waals surface area contributed by atoms with Crippen LogP contribution >= 0.6 is 0 Å². The van der Waals surface area contributed by atoms with Gasteiger partial charge >= 0.3 is 0 Å². The fourth-order valence-electron chi connectivity index (χ4n) is 5.42. The molecule has 0 aromatic heterocycles. The van der Waals surface area contributed by atoms with Crippen LogP contribution in [0.15, 0.2) is 66.7 Å². The topological polar surface area (TPSA) is 99.9 Å². The molecular formula is C28H30IN3O5. The van der Waals surface area contributed by atoms with Gasteiger partial charge in [-0.1, -0.05) is 60.7 Å². The van der Waals surface area contributed by atoms with Gasteiger partial charge in [-0.05, 0) is 22.8 Å². The highest BCUT2D eigenvalue weighted by Gasteiger charge is 2.49. The Morgan fingerprint density at radius 2 is 1.70 bits per heavy atom. The van der Waals surface area contributed by atoms with Crippen LogP contribution in [0.2, 0.25) is 0 Å². The number of amides is 2. The summed E-state index contributed by atoms with van der Waals surface area (Å²) in [6, 6.07) is 20.4. The van der Waals surface area contributed by atoms with Gasteiger partial charge in [-0.15, -0.1) is 0 Å². The number of carbonyl (C=O) groups is 2. The molecule has 2 heterocycles. The van der Waals surface area contributed by atoms with Crippen molar-refractivity contribution >= 4 is 11.8 Å². The number of benzene rings is 3. The molecule has 0 saturated carbocycles. The van der Waals surface area contributed by atoms with Crippen molar-refractivity contribution in [2.75, 3.05) is 34.0 Å². The Morgan fingerprint density at radius 1 is 1.08 bits per heavy atom. The van der Waals surface area contributed by atoms with E-state index in [1.807, 2.05) is 73.8 Å². The van der Waals surface area contributed by atoms with E-state index in [-0.39, 0.29) is 53.7 Å². The summed E-state index contributed by atoms with van der Waals surface area (Å²) >= 11 is 0. The number of ether oxygens (including phenoxy) is 3. The molecule has 5 rings (SSSR count). The lowest BCUT2D eigenvalue weighted by Gasteiger charge is -2.44. The fourth-order valence-corrected chi connectivity index (χ4v) is 5.42. The quantitative estimate of drug-likeness (QED) is 0.285. The molecule has 3 aromatic carbocycles. The predicted molar refractivity (Wildman–Crippen MR) is 134 cm³/mol. The van der Waals surface area contributed by atoms with Gasteiger partial charge in [0.1, 0.15) is 0 Å². The lowest BCUT2D eigenvalue weighted by atomic mass is 9.87. The van der Waals surface area contributed by atoms with Crippen LogP contribution in [0.25, 0.3) is 0 Å². The second-order valence-electron chi connectivity index (χ2n) is 9.46. The molecule has 37 heavy (non-hydrogen) atoms. The minimum absolute atomic E-state index is 0. The Labute approximate surface area is 233 Å². The van der Waals surface area contributed by atoms with Crippen molar-refractivity contribution in [2.45, 2.75) is 18.5 Å². The molecule has 9 heteroatoms. The van der Waals surface area contributed by atoms with E-state index in [4.69, 9.17) is 19.9 Å². The summed E-state index contributed by atoms with van der Waals surface area (Å²) in [5, 5.41) is 3.27. The molecule has 2 atom stereocenters. The molecular weight excluding hydrogens is 585 g/mol. The Morgan fingerprint density at radius 3 is 2.27 bits per heavy atom. The summed E-state index contributed by atoms with van der Waals surface area (Å²) < 4.78 is 17.2. The first-order chi connectivity index (χ1) is 17.4. The number of hydrogen-bond acceptors (Lipinski definition) is 5. The van der Waals surface area contributed by atoms with Crippen LogP contribution in [0.1, 0.15) is 34.3 Å². The summed E-state index contributed by atoms with van der Waals surface area (Å²) in [6.07, 6.45) is 0.636. The third-order valence-corrected chi connectivity index (χ3v) is 7.05. The number of quaternary nitrogens is 1. The van der Waals surface area contributed by atoms with Crippen molar-refractivity contribution in [1.82, 2.24) is 5.32 Å².